The van der Waals surface area contributed by atoms with Crippen molar-refractivity contribution >= 4 is 5.69 Å². The van der Waals surface area contributed by atoms with Crippen molar-refractivity contribution in [3.05, 3.63) is 65.4 Å². The SMILES string of the molecule is C=C1Nc2ccc(C)cc2C12CCN(CCCc1cnc(C#N)nc1)CC2. The highest BCUT2D eigenvalue weighted by Crippen LogP contribution is 2.49. The smallest absolute Gasteiger partial charge is 0.232 e. The van der Waals surface area contributed by atoms with Gasteiger partial charge in [-0.3, -0.25) is 0 Å². The molecule has 1 aromatic heterocycles. The van der Waals surface area contributed by atoms with E-state index >= 15 is 0 Å². The van der Waals surface area contributed by atoms with Crippen molar-refractivity contribution in [2.45, 2.75) is 38.0 Å². The maximum atomic E-state index is 8.76. The second kappa shape index (κ2) is 7.13. The number of nitrogens with zero attached hydrogens (tertiary/aromatic N) is 4. The fourth-order valence-corrected chi connectivity index (χ4v) is 4.39. The maximum absolute atomic E-state index is 8.76. The molecular formula is C22H25N5. The molecule has 1 aromatic carbocycles. The van der Waals surface area contributed by atoms with E-state index in [1.807, 2.05) is 6.07 Å². The summed E-state index contributed by atoms with van der Waals surface area (Å²) in [7, 11) is 0. The summed E-state index contributed by atoms with van der Waals surface area (Å²) in [4.78, 5) is 10.6. The van der Waals surface area contributed by atoms with E-state index in [2.05, 4.69) is 51.9 Å². The Hall–Kier alpha value is -2.71. The number of anilines is 1. The number of rotatable bonds is 4. The number of aromatic nitrogens is 2. The molecule has 0 saturated carbocycles. The van der Waals surface area contributed by atoms with Gasteiger partial charge in [-0.05, 0) is 69.4 Å². The van der Waals surface area contributed by atoms with Crippen LogP contribution in [0.4, 0.5) is 5.69 Å². The first-order valence-electron chi connectivity index (χ1n) is 9.62. The van der Waals surface area contributed by atoms with Gasteiger partial charge in [0.15, 0.2) is 0 Å². The van der Waals surface area contributed by atoms with E-state index < -0.39 is 0 Å². The standard InChI is InChI=1S/C22H25N5/c1-16-5-6-20-19(12-16)22(17(2)26-20)7-10-27(11-8-22)9-3-4-18-14-24-21(13-23)25-15-18/h5-6,12,14-15,26H,2-4,7-11H2,1H3. The Kier molecular flexibility index (Phi) is 4.67. The third-order valence-corrected chi connectivity index (χ3v) is 6.01. The molecule has 0 bridgehead atoms. The Bertz CT molecular complexity index is 886. The lowest BCUT2D eigenvalue weighted by Crippen LogP contribution is -2.43. The summed E-state index contributed by atoms with van der Waals surface area (Å²) in [5, 5.41) is 12.3. The molecule has 27 heavy (non-hydrogen) atoms. The number of nitriles is 1. The lowest BCUT2D eigenvalue weighted by Gasteiger charge is -2.40. The van der Waals surface area contributed by atoms with Crippen molar-refractivity contribution in [1.82, 2.24) is 14.9 Å². The predicted octanol–water partition coefficient (Wildman–Crippen LogP) is 3.56. The highest BCUT2D eigenvalue weighted by Gasteiger charge is 2.44. The monoisotopic (exact) mass is 359 g/mol. The molecule has 2 aliphatic rings. The fraction of sp³-hybridized carbons (Fsp3) is 0.409. The molecule has 2 aromatic rings. The number of aryl methyl sites for hydroxylation is 2. The topological polar surface area (TPSA) is 64.8 Å². The van der Waals surface area contributed by atoms with Gasteiger partial charge in [-0.1, -0.05) is 24.3 Å². The van der Waals surface area contributed by atoms with E-state index in [0.29, 0.717) is 0 Å². The summed E-state index contributed by atoms with van der Waals surface area (Å²) in [5.41, 5.74) is 6.34. The van der Waals surface area contributed by atoms with Gasteiger partial charge in [-0.15, -0.1) is 0 Å². The van der Waals surface area contributed by atoms with Crippen LogP contribution in [0.3, 0.4) is 0 Å². The van der Waals surface area contributed by atoms with E-state index in [4.69, 9.17) is 5.26 Å². The normalized spacial score (nSPS) is 18.1. The van der Waals surface area contributed by atoms with Crippen LogP contribution in [0.1, 0.15) is 41.8 Å². The summed E-state index contributed by atoms with van der Waals surface area (Å²) in [6.45, 7) is 9.78. The largest absolute Gasteiger partial charge is 0.358 e. The maximum Gasteiger partial charge on any atom is 0.232 e. The van der Waals surface area contributed by atoms with Crippen molar-refractivity contribution in [2.75, 3.05) is 25.0 Å². The Balaban J connectivity index is 1.33. The van der Waals surface area contributed by atoms with E-state index in [9.17, 15) is 0 Å². The lowest BCUT2D eigenvalue weighted by atomic mass is 9.72. The summed E-state index contributed by atoms with van der Waals surface area (Å²) in [6, 6.07) is 8.65. The minimum Gasteiger partial charge on any atom is -0.358 e. The van der Waals surface area contributed by atoms with E-state index in [-0.39, 0.29) is 11.2 Å². The highest BCUT2D eigenvalue weighted by atomic mass is 15.1. The summed E-state index contributed by atoms with van der Waals surface area (Å²) in [6.07, 6.45) is 7.81. The minimum atomic E-state index is 0.0961. The molecule has 0 atom stereocenters. The second-order valence-corrected chi connectivity index (χ2v) is 7.71. The van der Waals surface area contributed by atoms with Crippen molar-refractivity contribution in [1.29, 1.82) is 5.26 Å². The zero-order valence-electron chi connectivity index (χ0n) is 15.8. The van der Waals surface area contributed by atoms with Crippen LogP contribution in [0.15, 0.2) is 42.9 Å². The Morgan fingerprint density at radius 1 is 1.26 bits per heavy atom. The van der Waals surface area contributed by atoms with E-state index in [0.717, 1.165) is 56.6 Å². The molecule has 1 saturated heterocycles. The number of hydrogen-bond donors (Lipinski definition) is 1. The zero-order chi connectivity index (χ0) is 18.9. The van der Waals surface area contributed by atoms with Crippen molar-refractivity contribution in [3.8, 4) is 6.07 Å². The first-order valence-corrected chi connectivity index (χ1v) is 9.62. The van der Waals surface area contributed by atoms with Crippen LogP contribution in [0, 0.1) is 18.3 Å². The number of allylic oxidation sites excluding steroid dienone is 1. The Morgan fingerprint density at radius 3 is 2.70 bits per heavy atom. The molecule has 0 radical (unpaired) electrons. The fourth-order valence-electron chi connectivity index (χ4n) is 4.39. The molecule has 5 nitrogen and oxygen atoms in total. The van der Waals surface area contributed by atoms with Crippen molar-refractivity contribution < 1.29 is 0 Å². The first-order chi connectivity index (χ1) is 13.1. The molecular weight excluding hydrogens is 334 g/mol. The first kappa shape index (κ1) is 17.7. The van der Waals surface area contributed by atoms with Gasteiger partial charge in [0.2, 0.25) is 5.82 Å². The van der Waals surface area contributed by atoms with Gasteiger partial charge in [0, 0.05) is 29.2 Å². The number of nitrogens with one attached hydrogen (secondary N) is 1. The molecule has 4 rings (SSSR count). The third-order valence-electron chi connectivity index (χ3n) is 6.01. The molecule has 138 valence electrons. The number of hydrogen-bond acceptors (Lipinski definition) is 5. The molecule has 1 spiro atoms. The molecule has 5 heteroatoms. The van der Waals surface area contributed by atoms with Crippen LogP contribution in [0.2, 0.25) is 0 Å². The van der Waals surface area contributed by atoms with Crippen LogP contribution in [0.5, 0.6) is 0 Å². The van der Waals surface area contributed by atoms with Crippen molar-refractivity contribution in [2.24, 2.45) is 0 Å². The van der Waals surface area contributed by atoms with Gasteiger partial charge in [0.05, 0.1) is 0 Å². The quantitative estimate of drug-likeness (QED) is 0.904. The molecule has 0 unspecified atom stereocenters. The van der Waals surface area contributed by atoms with Gasteiger partial charge in [0.25, 0.3) is 0 Å². The second-order valence-electron chi connectivity index (χ2n) is 7.71. The molecule has 1 fully saturated rings. The van der Waals surface area contributed by atoms with Gasteiger partial charge in [-0.2, -0.15) is 5.26 Å². The van der Waals surface area contributed by atoms with Crippen molar-refractivity contribution in [3.63, 3.8) is 0 Å². The number of benzene rings is 1. The average Bonchev–Trinajstić information content (AvgIpc) is 2.95. The van der Waals surface area contributed by atoms with Gasteiger partial charge in [0.1, 0.15) is 6.07 Å². The highest BCUT2D eigenvalue weighted by molar-refractivity contribution is 5.68. The van der Waals surface area contributed by atoms with Gasteiger partial charge < -0.3 is 10.2 Å². The number of likely N-dealkylation sites (tertiary alicyclic amines) is 1. The lowest BCUT2D eigenvalue weighted by molar-refractivity contribution is 0.179. The van der Waals surface area contributed by atoms with Crippen LogP contribution >= 0.6 is 0 Å². The van der Waals surface area contributed by atoms with Crippen LogP contribution < -0.4 is 5.32 Å². The van der Waals surface area contributed by atoms with Crippen LogP contribution in [-0.2, 0) is 11.8 Å². The van der Waals surface area contributed by atoms with Gasteiger partial charge in [-0.25, -0.2) is 9.97 Å². The molecule has 3 heterocycles. The molecule has 2 aliphatic heterocycles. The number of piperidine rings is 1. The molecule has 0 aliphatic carbocycles. The average molecular weight is 359 g/mol. The molecule has 0 amide bonds. The van der Waals surface area contributed by atoms with Gasteiger partial charge >= 0.3 is 0 Å². The Labute approximate surface area is 160 Å². The third kappa shape index (κ3) is 3.33. The van der Waals surface area contributed by atoms with Crippen LogP contribution in [0.25, 0.3) is 0 Å². The van der Waals surface area contributed by atoms with Crippen LogP contribution in [-0.4, -0.2) is 34.5 Å². The van der Waals surface area contributed by atoms with E-state index in [1.165, 1.54) is 16.8 Å². The summed E-state index contributed by atoms with van der Waals surface area (Å²) < 4.78 is 0. The number of fused-ring (bicyclic) bond motifs is 2. The Morgan fingerprint density at radius 2 is 2.00 bits per heavy atom. The summed E-state index contributed by atoms with van der Waals surface area (Å²) in [5.74, 6) is 0.237. The zero-order valence-corrected chi connectivity index (χ0v) is 15.8. The predicted molar refractivity (Wildman–Crippen MR) is 106 cm³/mol. The summed E-state index contributed by atoms with van der Waals surface area (Å²) >= 11 is 0. The minimum absolute atomic E-state index is 0.0961. The van der Waals surface area contributed by atoms with E-state index in [1.54, 1.807) is 12.4 Å². The molecule has 1 N–H and O–H groups in total.